The van der Waals surface area contributed by atoms with Crippen molar-refractivity contribution in [2.75, 3.05) is 0 Å². The van der Waals surface area contributed by atoms with Crippen molar-refractivity contribution in [3.8, 4) is 0 Å². The third-order valence-corrected chi connectivity index (χ3v) is 5.08. The number of benzene rings is 3. The minimum Gasteiger partial charge on any atom is -0.352 e. The number of rotatable bonds is 7. The van der Waals surface area contributed by atoms with E-state index in [4.69, 9.17) is 5.73 Å². The maximum Gasteiger partial charge on any atom is 0.312 e. The lowest BCUT2D eigenvalue weighted by molar-refractivity contribution is -0.122. The van der Waals surface area contributed by atoms with E-state index in [0.29, 0.717) is 0 Å². The number of nitrogens with two attached hydrogens (primary N) is 1. The normalized spacial score (nSPS) is 11.7. The maximum atomic E-state index is 12.9. The molecule has 0 spiro atoms. The van der Waals surface area contributed by atoms with Crippen molar-refractivity contribution < 1.29 is 9.59 Å². The van der Waals surface area contributed by atoms with E-state index in [-0.39, 0.29) is 18.4 Å². The summed E-state index contributed by atoms with van der Waals surface area (Å²) >= 11 is 3.39. The van der Waals surface area contributed by atoms with Crippen LogP contribution in [-0.2, 0) is 4.79 Å². The van der Waals surface area contributed by atoms with E-state index in [2.05, 4.69) is 26.6 Å². The third kappa shape index (κ3) is 5.93. The number of nitrogens with one attached hydrogen (secondary N) is 2. The van der Waals surface area contributed by atoms with Gasteiger partial charge in [-0.25, -0.2) is 4.79 Å². The molecule has 3 rings (SSSR count). The molecule has 0 heterocycles. The maximum absolute atomic E-state index is 12.9. The summed E-state index contributed by atoms with van der Waals surface area (Å²) < 4.78 is 0.914. The quantitative estimate of drug-likeness (QED) is 0.495. The number of urea groups is 1. The second-order valence-electron chi connectivity index (χ2n) is 6.64. The van der Waals surface area contributed by atoms with Crippen LogP contribution in [0.4, 0.5) is 4.79 Å². The zero-order chi connectivity index (χ0) is 20.6. The highest BCUT2D eigenvalue weighted by atomic mass is 79.9. The molecule has 0 saturated carbocycles. The van der Waals surface area contributed by atoms with Gasteiger partial charge in [0.1, 0.15) is 0 Å². The minimum atomic E-state index is -0.673. The number of amides is 3. The number of hydrogen-bond donors (Lipinski definition) is 3. The lowest BCUT2D eigenvalue weighted by Gasteiger charge is -2.23. The second kappa shape index (κ2) is 9.89. The van der Waals surface area contributed by atoms with Gasteiger partial charge in [0.05, 0.1) is 18.5 Å². The fourth-order valence-electron chi connectivity index (χ4n) is 3.17. The molecular weight excluding hydrogens is 430 g/mol. The summed E-state index contributed by atoms with van der Waals surface area (Å²) in [5, 5.41) is 5.76. The average Bonchev–Trinajstić information content (AvgIpc) is 2.73. The molecule has 3 aromatic rings. The topological polar surface area (TPSA) is 84.2 Å². The zero-order valence-electron chi connectivity index (χ0n) is 15.7. The van der Waals surface area contributed by atoms with Crippen molar-refractivity contribution in [2.45, 2.75) is 18.5 Å². The monoisotopic (exact) mass is 451 g/mol. The van der Waals surface area contributed by atoms with Gasteiger partial charge in [0, 0.05) is 4.47 Å². The van der Waals surface area contributed by atoms with E-state index < -0.39 is 12.1 Å². The lowest BCUT2D eigenvalue weighted by Crippen LogP contribution is -2.37. The minimum absolute atomic E-state index is 0.0702. The number of primary amides is 1. The van der Waals surface area contributed by atoms with Gasteiger partial charge < -0.3 is 16.4 Å². The summed E-state index contributed by atoms with van der Waals surface area (Å²) in [6, 6.07) is 25.5. The van der Waals surface area contributed by atoms with Crippen LogP contribution >= 0.6 is 15.9 Å². The Hall–Kier alpha value is -3.12. The van der Waals surface area contributed by atoms with Gasteiger partial charge in [-0.15, -0.1) is 0 Å². The predicted molar refractivity (Wildman–Crippen MR) is 117 cm³/mol. The summed E-state index contributed by atoms with van der Waals surface area (Å²) in [6.07, 6.45) is 0.0702. The van der Waals surface area contributed by atoms with Crippen molar-refractivity contribution in [3.05, 3.63) is 106 Å². The van der Waals surface area contributed by atoms with Crippen molar-refractivity contribution in [3.63, 3.8) is 0 Å². The molecule has 0 unspecified atom stereocenters. The molecule has 0 aliphatic carbocycles. The molecule has 0 fully saturated rings. The van der Waals surface area contributed by atoms with Crippen LogP contribution in [-0.4, -0.2) is 11.9 Å². The van der Waals surface area contributed by atoms with E-state index in [1.807, 2.05) is 84.9 Å². The summed E-state index contributed by atoms with van der Waals surface area (Å²) in [5.41, 5.74) is 8.10. The molecule has 1 atom stereocenters. The van der Waals surface area contributed by atoms with E-state index in [0.717, 1.165) is 21.2 Å². The summed E-state index contributed by atoms with van der Waals surface area (Å²) in [5.74, 6) is -0.190. The molecule has 5 nitrogen and oxygen atoms in total. The van der Waals surface area contributed by atoms with Gasteiger partial charge in [0.15, 0.2) is 0 Å². The van der Waals surface area contributed by atoms with Crippen LogP contribution in [0.3, 0.4) is 0 Å². The average molecular weight is 452 g/mol. The molecule has 148 valence electrons. The summed E-state index contributed by atoms with van der Waals surface area (Å²) in [7, 11) is 0. The fourth-order valence-corrected chi connectivity index (χ4v) is 3.44. The first-order chi connectivity index (χ1) is 14.0. The molecule has 0 aromatic heterocycles. The first-order valence-electron chi connectivity index (χ1n) is 9.23. The molecular formula is C23H22BrN3O2. The Bertz CT molecular complexity index is 907. The van der Waals surface area contributed by atoms with E-state index >= 15 is 0 Å². The van der Waals surface area contributed by atoms with E-state index in [1.165, 1.54) is 0 Å². The zero-order valence-corrected chi connectivity index (χ0v) is 17.3. The SMILES string of the molecule is NC(=O)N[C@@H](CC(=O)NC(c1ccccc1)c1ccccc1)c1ccc(Br)cc1. The lowest BCUT2D eigenvalue weighted by atomic mass is 9.97. The molecule has 4 N–H and O–H groups in total. The summed E-state index contributed by atoms with van der Waals surface area (Å²) in [4.78, 5) is 24.4. The van der Waals surface area contributed by atoms with Gasteiger partial charge in [-0.2, -0.15) is 0 Å². The van der Waals surface area contributed by atoms with E-state index in [1.54, 1.807) is 0 Å². The van der Waals surface area contributed by atoms with Crippen molar-refractivity contribution >= 4 is 27.9 Å². The largest absolute Gasteiger partial charge is 0.352 e. The molecule has 0 saturated heterocycles. The number of carbonyl (C=O) groups is 2. The Morgan fingerprint density at radius 2 is 1.28 bits per heavy atom. The molecule has 0 radical (unpaired) electrons. The van der Waals surface area contributed by atoms with Crippen LogP contribution in [0.15, 0.2) is 89.4 Å². The number of carbonyl (C=O) groups excluding carboxylic acids is 2. The summed E-state index contributed by atoms with van der Waals surface area (Å²) in [6.45, 7) is 0. The molecule has 6 heteroatoms. The molecule has 0 bridgehead atoms. The van der Waals surface area contributed by atoms with Crippen LogP contribution in [0.2, 0.25) is 0 Å². The van der Waals surface area contributed by atoms with Crippen molar-refractivity contribution in [1.29, 1.82) is 0 Å². The van der Waals surface area contributed by atoms with Gasteiger partial charge >= 0.3 is 6.03 Å². The highest BCUT2D eigenvalue weighted by Gasteiger charge is 2.21. The number of hydrogen-bond acceptors (Lipinski definition) is 2. The Labute approximate surface area is 178 Å². The molecule has 29 heavy (non-hydrogen) atoms. The standard InChI is InChI=1S/C23H22BrN3O2/c24-19-13-11-16(12-14-19)20(26-23(25)29)15-21(28)27-22(17-7-3-1-4-8-17)18-9-5-2-6-10-18/h1-14,20,22H,15H2,(H,27,28)(H3,25,26,29)/t20-/m0/s1. The van der Waals surface area contributed by atoms with Crippen LogP contribution in [0.5, 0.6) is 0 Å². The third-order valence-electron chi connectivity index (χ3n) is 4.55. The van der Waals surface area contributed by atoms with Gasteiger partial charge in [0.2, 0.25) is 5.91 Å². The Kier molecular flexibility index (Phi) is 7.03. The van der Waals surface area contributed by atoms with Crippen molar-refractivity contribution in [2.24, 2.45) is 5.73 Å². The van der Waals surface area contributed by atoms with Crippen LogP contribution in [0.1, 0.15) is 35.2 Å². The fraction of sp³-hybridized carbons (Fsp3) is 0.130. The van der Waals surface area contributed by atoms with Crippen molar-refractivity contribution in [1.82, 2.24) is 10.6 Å². The Morgan fingerprint density at radius 1 is 0.759 bits per heavy atom. The smallest absolute Gasteiger partial charge is 0.312 e. The van der Waals surface area contributed by atoms with Gasteiger partial charge in [-0.05, 0) is 28.8 Å². The molecule has 0 aliphatic heterocycles. The molecule has 3 amide bonds. The second-order valence-corrected chi connectivity index (χ2v) is 7.55. The van der Waals surface area contributed by atoms with Gasteiger partial charge in [0.25, 0.3) is 0 Å². The van der Waals surface area contributed by atoms with E-state index in [9.17, 15) is 9.59 Å². The predicted octanol–water partition coefficient (Wildman–Crippen LogP) is 4.45. The highest BCUT2D eigenvalue weighted by molar-refractivity contribution is 9.10. The Balaban J connectivity index is 1.80. The number of halogens is 1. The van der Waals surface area contributed by atoms with Gasteiger partial charge in [-0.1, -0.05) is 88.7 Å². The Morgan fingerprint density at radius 3 is 1.76 bits per heavy atom. The molecule has 0 aliphatic rings. The van der Waals surface area contributed by atoms with Crippen LogP contribution < -0.4 is 16.4 Å². The first kappa shape index (κ1) is 20.6. The van der Waals surface area contributed by atoms with Crippen LogP contribution in [0.25, 0.3) is 0 Å². The molecule has 3 aromatic carbocycles. The first-order valence-corrected chi connectivity index (χ1v) is 10.0. The highest BCUT2D eigenvalue weighted by Crippen LogP contribution is 2.24. The van der Waals surface area contributed by atoms with Crippen LogP contribution in [0, 0.1) is 0 Å². The van der Waals surface area contributed by atoms with Gasteiger partial charge in [-0.3, -0.25) is 4.79 Å².